The number of aromatic nitrogens is 2. The van der Waals surface area contributed by atoms with Crippen molar-refractivity contribution < 1.29 is 38.4 Å². The Bertz CT molecular complexity index is 4420. The smallest absolute Gasteiger partial charge is 0.252 e. The Morgan fingerprint density at radius 1 is 0.500 bits per heavy atom. The van der Waals surface area contributed by atoms with E-state index in [1.807, 2.05) is 56.6 Å². The second-order valence-corrected chi connectivity index (χ2v) is 27.6. The van der Waals surface area contributed by atoms with Crippen LogP contribution in [0.1, 0.15) is 116 Å². The molecule has 3 aromatic heterocycles. The van der Waals surface area contributed by atoms with Gasteiger partial charge in [-0.3, -0.25) is 4.39 Å². The van der Waals surface area contributed by atoms with Crippen LogP contribution in [0.5, 0.6) is 23.0 Å². The zero-order valence-electron chi connectivity index (χ0n) is 51.3. The molecule has 11 aromatic rings. The van der Waals surface area contributed by atoms with Gasteiger partial charge in [0.2, 0.25) is 0 Å². The normalized spacial score (nSPS) is 13.5. The van der Waals surface area contributed by atoms with Gasteiger partial charge >= 0.3 is 0 Å². The number of rotatable bonds is 3. The monoisotopic (exact) mass is 1310 g/mol. The Hall–Kier alpha value is -8.30. The van der Waals surface area contributed by atoms with Crippen molar-refractivity contribution in [3.05, 3.63) is 209 Å². The summed E-state index contributed by atoms with van der Waals surface area (Å²) in [5, 5.41) is 2.10. The molecule has 0 N–H and O–H groups in total. The van der Waals surface area contributed by atoms with Gasteiger partial charge in [-0.15, -0.1) is 48.0 Å². The van der Waals surface area contributed by atoms with Gasteiger partial charge in [-0.1, -0.05) is 154 Å². The number of hydrogen-bond donors (Lipinski definition) is 0. The molecular formula is C76H68BFIrN4O3-2. The number of anilines is 6. The molecule has 1 radical (unpaired) electrons. The van der Waals surface area contributed by atoms with Crippen LogP contribution >= 0.6 is 0 Å². The number of aryl methyl sites for hydroxylation is 2. The van der Waals surface area contributed by atoms with E-state index >= 15 is 0 Å². The summed E-state index contributed by atoms with van der Waals surface area (Å²) in [6.07, 6.45) is 3.64. The van der Waals surface area contributed by atoms with Crippen molar-refractivity contribution in [1.82, 2.24) is 9.97 Å². The van der Waals surface area contributed by atoms with Gasteiger partial charge in [0.05, 0.1) is 28.3 Å². The molecule has 0 spiro atoms. The number of nitrogens with zero attached hydrogens (tertiary/aromatic N) is 4. The standard InChI is InChI=1S/C63H57BN3O3.C13H11FN.Ir/c1-60(2,3)37-20-23-47-52(31-37)68-54-33-39(62(7,8)9)29-44-57(54)66(47)49-26-36(35-19-22-41-42-16-15-17-43(46-18-13-14-25-65-46)59(42)70-51(41)28-35)27-50-56(49)64(44)45-30-40(63(10,11)12)34-55-58(45)67(50)48-24-21-38(61(4,5)6)32-53(48)69-55;1-9-7-13(15-8-10(9)2)11-3-5-12(14)6-4-11;/h13-16,18-34H,1-12H3;3,5-8H,1-2H3;/q2*-1;. The molecule has 10 heteroatoms. The molecule has 0 amide bonds. The minimum Gasteiger partial charge on any atom is -0.501 e. The molecule has 7 heterocycles. The number of halogens is 1. The second kappa shape index (κ2) is 20.1. The molecule has 7 nitrogen and oxygen atoms in total. The van der Waals surface area contributed by atoms with Crippen molar-refractivity contribution in [3.63, 3.8) is 0 Å². The van der Waals surface area contributed by atoms with Crippen molar-refractivity contribution in [2.24, 2.45) is 0 Å². The van der Waals surface area contributed by atoms with Gasteiger partial charge in [0.15, 0.2) is 23.0 Å². The molecule has 0 aliphatic carbocycles. The van der Waals surface area contributed by atoms with Gasteiger partial charge in [-0.25, -0.2) is 0 Å². The van der Waals surface area contributed by atoms with Gasteiger partial charge in [0.25, 0.3) is 6.71 Å². The maximum Gasteiger partial charge on any atom is 0.252 e. The van der Waals surface area contributed by atoms with E-state index in [9.17, 15) is 4.39 Å². The van der Waals surface area contributed by atoms with E-state index in [1.165, 1.54) is 56.3 Å². The van der Waals surface area contributed by atoms with E-state index < -0.39 is 0 Å². The maximum atomic E-state index is 12.7. The minimum absolute atomic E-state index is 0. The first kappa shape index (κ1) is 56.8. The summed E-state index contributed by atoms with van der Waals surface area (Å²) in [5.74, 6) is 3.20. The van der Waals surface area contributed by atoms with Crippen molar-refractivity contribution in [3.8, 4) is 56.6 Å². The van der Waals surface area contributed by atoms with Gasteiger partial charge < -0.3 is 33.7 Å². The molecule has 0 unspecified atom stereocenters. The second-order valence-electron chi connectivity index (χ2n) is 27.6. The van der Waals surface area contributed by atoms with E-state index in [-0.39, 0.29) is 54.3 Å². The van der Waals surface area contributed by atoms with Crippen LogP contribution < -0.4 is 35.7 Å². The van der Waals surface area contributed by atoms with E-state index in [1.54, 1.807) is 6.07 Å². The van der Waals surface area contributed by atoms with E-state index in [0.717, 1.165) is 118 Å². The Labute approximate surface area is 518 Å². The van der Waals surface area contributed by atoms with E-state index in [2.05, 4.69) is 212 Å². The SMILES string of the molecule is CC(C)(C)c1ccc2c(c1)Oc1cc(C(C)(C)C)cc3c1N2c1cc(-c2ccc4c(c2)oc2c(-c5ccccn5)[c-]ccc24)cc2c1B3c1cc(C(C)(C)C)cc3c1N2c1ccc(C(C)(C)C)cc1O3.Cc1cnc(-c2[c-]cc(F)cc2)cc1C.[Ir]. The number of hydrogen-bond acceptors (Lipinski definition) is 7. The van der Waals surface area contributed by atoms with Gasteiger partial charge in [-0.2, -0.15) is 0 Å². The summed E-state index contributed by atoms with van der Waals surface area (Å²) >= 11 is 0. The molecule has 431 valence electrons. The Balaban J connectivity index is 0.000000375. The Kier molecular flexibility index (Phi) is 13.3. The molecule has 0 saturated heterocycles. The van der Waals surface area contributed by atoms with E-state index in [0.29, 0.717) is 0 Å². The van der Waals surface area contributed by atoms with Crippen LogP contribution in [0.25, 0.3) is 55.6 Å². The summed E-state index contributed by atoms with van der Waals surface area (Å²) in [5.41, 5.74) is 24.1. The largest absolute Gasteiger partial charge is 0.501 e. The summed E-state index contributed by atoms with van der Waals surface area (Å²) in [4.78, 5) is 14.0. The number of furan rings is 1. The zero-order chi connectivity index (χ0) is 59.4. The first-order valence-corrected chi connectivity index (χ1v) is 29.6. The summed E-state index contributed by atoms with van der Waals surface area (Å²) in [6, 6.07) is 57.4. The predicted octanol–water partition coefficient (Wildman–Crippen LogP) is 18.9. The molecule has 4 aliphatic rings. The minimum atomic E-state index is -0.275. The third kappa shape index (κ3) is 9.43. The molecule has 0 atom stereocenters. The summed E-state index contributed by atoms with van der Waals surface area (Å²) in [6.45, 7) is 31.4. The fourth-order valence-electron chi connectivity index (χ4n) is 12.6. The molecule has 4 aliphatic heterocycles. The van der Waals surface area contributed by atoms with Crippen molar-refractivity contribution in [2.75, 3.05) is 9.80 Å². The molecule has 8 aromatic carbocycles. The van der Waals surface area contributed by atoms with Crippen molar-refractivity contribution >= 4 is 79.2 Å². The fourth-order valence-corrected chi connectivity index (χ4v) is 12.6. The van der Waals surface area contributed by atoms with Crippen LogP contribution in [0.3, 0.4) is 0 Å². The van der Waals surface area contributed by atoms with Crippen LogP contribution in [0.15, 0.2) is 162 Å². The molecule has 15 rings (SSSR count). The third-order valence-corrected chi connectivity index (χ3v) is 17.6. The number of benzene rings is 8. The zero-order valence-corrected chi connectivity index (χ0v) is 53.7. The molecule has 0 fully saturated rings. The molecule has 0 saturated carbocycles. The van der Waals surface area contributed by atoms with Crippen LogP contribution in [0.4, 0.5) is 38.5 Å². The molecule has 86 heavy (non-hydrogen) atoms. The van der Waals surface area contributed by atoms with Gasteiger partial charge in [0.1, 0.15) is 5.58 Å². The average Bonchev–Trinajstić information content (AvgIpc) is 0.792. The number of pyridine rings is 2. The van der Waals surface area contributed by atoms with Gasteiger partial charge in [0, 0.05) is 55.1 Å². The number of fused-ring (bicyclic) bond motifs is 11. The third-order valence-electron chi connectivity index (χ3n) is 17.6. The Morgan fingerprint density at radius 3 is 1.60 bits per heavy atom. The van der Waals surface area contributed by atoms with Gasteiger partial charge in [-0.05, 0) is 163 Å². The summed E-state index contributed by atoms with van der Waals surface area (Å²) < 4.78 is 34.0. The van der Waals surface area contributed by atoms with Crippen LogP contribution in [-0.4, -0.2) is 16.7 Å². The average molecular weight is 1310 g/mol. The van der Waals surface area contributed by atoms with Crippen LogP contribution in [0.2, 0.25) is 0 Å². The predicted molar refractivity (Wildman–Crippen MR) is 348 cm³/mol. The first-order chi connectivity index (χ1) is 40.4. The van der Waals surface area contributed by atoms with Crippen LogP contribution in [0, 0.1) is 31.8 Å². The topological polar surface area (TPSA) is 63.9 Å². The van der Waals surface area contributed by atoms with Crippen molar-refractivity contribution in [2.45, 2.75) is 119 Å². The first-order valence-electron chi connectivity index (χ1n) is 29.6. The quantitative estimate of drug-likeness (QED) is 0.129. The van der Waals surface area contributed by atoms with E-state index in [4.69, 9.17) is 13.9 Å². The molecular weight excluding hydrogens is 1240 g/mol. The Morgan fingerprint density at radius 2 is 1.08 bits per heavy atom. The summed E-state index contributed by atoms with van der Waals surface area (Å²) in [7, 11) is 0. The van der Waals surface area contributed by atoms with Crippen LogP contribution in [-0.2, 0) is 41.8 Å². The fraction of sp³-hybridized carbons (Fsp3) is 0.237. The molecule has 0 bridgehead atoms. The van der Waals surface area contributed by atoms with Crippen molar-refractivity contribution in [1.29, 1.82) is 0 Å². The maximum absolute atomic E-state index is 12.7. The number of ether oxygens (including phenoxy) is 2.